The second kappa shape index (κ2) is 7.99. The Morgan fingerprint density at radius 3 is 1.96 bits per heavy atom. The highest BCUT2D eigenvalue weighted by atomic mass is 32.2. The lowest BCUT2D eigenvalue weighted by Crippen LogP contribution is -2.34. The zero-order valence-electron chi connectivity index (χ0n) is 15.5. The smallest absolute Gasteiger partial charge is 0.240 e. The first-order valence-corrected chi connectivity index (χ1v) is 9.69. The molecule has 1 atom stereocenters. The fourth-order valence-corrected chi connectivity index (χ4v) is 3.62. The number of benzene rings is 2. The molecule has 0 saturated carbocycles. The zero-order valence-corrected chi connectivity index (χ0v) is 16.3. The third-order valence-electron chi connectivity index (χ3n) is 4.22. The molecule has 1 N–H and O–H groups in total. The van der Waals surface area contributed by atoms with E-state index in [2.05, 4.69) is 4.72 Å². The highest BCUT2D eigenvalue weighted by molar-refractivity contribution is 7.89. The highest BCUT2D eigenvalue weighted by Gasteiger charge is 2.19. The van der Waals surface area contributed by atoms with E-state index in [1.54, 1.807) is 24.3 Å². The summed E-state index contributed by atoms with van der Waals surface area (Å²) in [6, 6.07) is 15.0. The summed E-state index contributed by atoms with van der Waals surface area (Å²) < 4.78 is 27.8. The van der Waals surface area contributed by atoms with E-state index in [4.69, 9.17) is 0 Å². The predicted molar refractivity (Wildman–Crippen MR) is 104 cm³/mol. The zero-order chi connectivity index (χ0) is 18.6. The summed E-state index contributed by atoms with van der Waals surface area (Å²) in [7, 11) is 4.37. The van der Waals surface area contributed by atoms with Crippen LogP contribution >= 0.6 is 0 Å². The molecule has 0 fully saturated rings. The minimum Gasteiger partial charge on any atom is -0.378 e. The van der Waals surface area contributed by atoms with E-state index in [9.17, 15) is 8.42 Å². The maximum absolute atomic E-state index is 12.5. The minimum atomic E-state index is -3.52. The van der Waals surface area contributed by atoms with Crippen LogP contribution in [-0.4, -0.2) is 48.1 Å². The summed E-state index contributed by atoms with van der Waals surface area (Å²) in [5.41, 5.74) is 3.22. The van der Waals surface area contributed by atoms with Crippen LogP contribution < -0.4 is 9.62 Å². The van der Waals surface area contributed by atoms with Crippen molar-refractivity contribution < 1.29 is 8.42 Å². The van der Waals surface area contributed by atoms with Crippen LogP contribution in [0.4, 0.5) is 5.69 Å². The van der Waals surface area contributed by atoms with Gasteiger partial charge >= 0.3 is 0 Å². The maximum Gasteiger partial charge on any atom is 0.240 e. The van der Waals surface area contributed by atoms with Crippen molar-refractivity contribution in [3.05, 3.63) is 59.7 Å². The van der Waals surface area contributed by atoms with Gasteiger partial charge < -0.3 is 9.80 Å². The van der Waals surface area contributed by atoms with Crippen molar-refractivity contribution in [3.8, 4) is 0 Å². The number of rotatable bonds is 7. The molecule has 0 aromatic heterocycles. The van der Waals surface area contributed by atoms with Crippen LogP contribution in [0.5, 0.6) is 0 Å². The van der Waals surface area contributed by atoms with Gasteiger partial charge in [-0.05, 0) is 50.8 Å². The van der Waals surface area contributed by atoms with E-state index in [1.165, 1.54) is 0 Å². The molecule has 136 valence electrons. The van der Waals surface area contributed by atoms with Gasteiger partial charge in [0, 0.05) is 32.4 Å². The van der Waals surface area contributed by atoms with Crippen LogP contribution in [0.15, 0.2) is 53.4 Å². The molecule has 25 heavy (non-hydrogen) atoms. The Labute approximate surface area is 151 Å². The normalized spacial score (nSPS) is 13.0. The molecule has 2 rings (SSSR count). The largest absolute Gasteiger partial charge is 0.378 e. The van der Waals surface area contributed by atoms with Gasteiger partial charge in [-0.25, -0.2) is 13.1 Å². The number of nitrogens with zero attached hydrogens (tertiary/aromatic N) is 2. The Bertz CT molecular complexity index is 782. The van der Waals surface area contributed by atoms with Gasteiger partial charge in [0.25, 0.3) is 0 Å². The van der Waals surface area contributed by atoms with Gasteiger partial charge in [0.2, 0.25) is 10.0 Å². The van der Waals surface area contributed by atoms with Crippen LogP contribution in [0, 0.1) is 6.92 Å². The van der Waals surface area contributed by atoms with Crippen molar-refractivity contribution in [1.82, 2.24) is 9.62 Å². The van der Waals surface area contributed by atoms with Crippen LogP contribution in [0.1, 0.15) is 17.2 Å². The average Bonchev–Trinajstić information content (AvgIpc) is 2.55. The molecule has 6 heteroatoms. The summed E-state index contributed by atoms with van der Waals surface area (Å²) >= 11 is 0. The molecule has 0 radical (unpaired) electrons. The van der Waals surface area contributed by atoms with Gasteiger partial charge in [0.05, 0.1) is 4.90 Å². The lowest BCUT2D eigenvalue weighted by atomic mass is 10.1. The van der Waals surface area contributed by atoms with E-state index in [1.807, 2.05) is 69.2 Å². The van der Waals surface area contributed by atoms with Crippen molar-refractivity contribution in [2.24, 2.45) is 0 Å². The standard InChI is InChI=1S/C19H27N3O2S/c1-15-6-12-18(13-7-15)25(23,24)20-14-19(22(4)5)16-8-10-17(11-9-16)21(2)3/h6-13,19-20H,14H2,1-5H3/t19-/m0/s1. The molecule has 0 spiro atoms. The monoisotopic (exact) mass is 361 g/mol. The first-order valence-electron chi connectivity index (χ1n) is 8.21. The topological polar surface area (TPSA) is 52.7 Å². The van der Waals surface area contributed by atoms with Crippen LogP contribution in [0.3, 0.4) is 0 Å². The number of aryl methyl sites for hydroxylation is 1. The first kappa shape index (κ1) is 19.4. The van der Waals surface area contributed by atoms with Crippen molar-refractivity contribution in [2.75, 3.05) is 39.6 Å². The van der Waals surface area contributed by atoms with Crippen molar-refractivity contribution in [3.63, 3.8) is 0 Å². The van der Waals surface area contributed by atoms with Crippen LogP contribution in [-0.2, 0) is 10.0 Å². The van der Waals surface area contributed by atoms with Crippen molar-refractivity contribution >= 4 is 15.7 Å². The van der Waals surface area contributed by atoms with E-state index < -0.39 is 10.0 Å². The molecular weight excluding hydrogens is 334 g/mol. The molecule has 0 aliphatic heterocycles. The molecule has 0 aliphatic rings. The fraction of sp³-hybridized carbons (Fsp3) is 0.368. The Morgan fingerprint density at radius 2 is 1.48 bits per heavy atom. The molecule has 0 heterocycles. The van der Waals surface area contributed by atoms with Crippen molar-refractivity contribution in [1.29, 1.82) is 0 Å². The molecule has 2 aromatic carbocycles. The average molecular weight is 362 g/mol. The third kappa shape index (κ3) is 5.04. The molecule has 0 amide bonds. The number of anilines is 1. The van der Waals surface area contributed by atoms with Crippen molar-refractivity contribution in [2.45, 2.75) is 17.9 Å². The molecular formula is C19H27N3O2S. The van der Waals surface area contributed by atoms with Gasteiger partial charge in [0.1, 0.15) is 0 Å². The summed E-state index contributed by atoms with van der Waals surface area (Å²) in [5, 5.41) is 0. The van der Waals surface area contributed by atoms with Gasteiger partial charge in [-0.1, -0.05) is 29.8 Å². The highest BCUT2D eigenvalue weighted by Crippen LogP contribution is 2.21. The minimum absolute atomic E-state index is 0.0450. The fourth-order valence-electron chi connectivity index (χ4n) is 2.58. The van der Waals surface area contributed by atoms with Crippen LogP contribution in [0.25, 0.3) is 0 Å². The van der Waals surface area contributed by atoms with Gasteiger partial charge in [0.15, 0.2) is 0 Å². The second-order valence-corrected chi connectivity index (χ2v) is 8.40. The quantitative estimate of drug-likeness (QED) is 0.824. The molecule has 0 saturated heterocycles. The Morgan fingerprint density at radius 1 is 0.920 bits per heavy atom. The SMILES string of the molecule is Cc1ccc(S(=O)(=O)NC[C@@H](c2ccc(N(C)C)cc2)N(C)C)cc1. The summed E-state index contributed by atoms with van der Waals surface area (Å²) in [6.07, 6.45) is 0. The molecule has 5 nitrogen and oxygen atoms in total. The number of hydrogen-bond donors (Lipinski definition) is 1. The van der Waals surface area contributed by atoms with Gasteiger partial charge in [-0.15, -0.1) is 0 Å². The van der Waals surface area contributed by atoms with Gasteiger partial charge in [-0.3, -0.25) is 0 Å². The third-order valence-corrected chi connectivity index (χ3v) is 5.66. The van der Waals surface area contributed by atoms with E-state index in [0.717, 1.165) is 16.8 Å². The lowest BCUT2D eigenvalue weighted by Gasteiger charge is -2.25. The summed E-state index contributed by atoms with van der Waals surface area (Å²) in [4.78, 5) is 4.34. The van der Waals surface area contributed by atoms with E-state index in [0.29, 0.717) is 11.4 Å². The first-order chi connectivity index (χ1) is 11.7. The number of hydrogen-bond acceptors (Lipinski definition) is 4. The lowest BCUT2D eigenvalue weighted by molar-refractivity contribution is 0.299. The summed E-state index contributed by atoms with van der Waals surface area (Å²) in [5.74, 6) is 0. The molecule has 0 aliphatic carbocycles. The molecule has 0 unspecified atom stereocenters. The Balaban J connectivity index is 2.15. The summed E-state index contributed by atoms with van der Waals surface area (Å²) in [6.45, 7) is 2.24. The Hall–Kier alpha value is -1.89. The molecule has 0 bridgehead atoms. The molecule has 2 aromatic rings. The van der Waals surface area contributed by atoms with E-state index >= 15 is 0 Å². The van der Waals surface area contributed by atoms with Crippen LogP contribution in [0.2, 0.25) is 0 Å². The second-order valence-electron chi connectivity index (χ2n) is 6.63. The Kier molecular flexibility index (Phi) is 6.21. The number of likely N-dealkylation sites (N-methyl/N-ethyl adjacent to an activating group) is 1. The number of nitrogens with one attached hydrogen (secondary N) is 1. The van der Waals surface area contributed by atoms with E-state index in [-0.39, 0.29) is 6.04 Å². The predicted octanol–water partition coefficient (Wildman–Crippen LogP) is 2.64. The number of sulfonamides is 1. The van der Waals surface area contributed by atoms with Gasteiger partial charge in [-0.2, -0.15) is 0 Å². The maximum atomic E-state index is 12.5.